The largest absolute Gasteiger partial charge is 0.312 e. The molecule has 0 aromatic carbocycles. The molecule has 1 rings (SSSR count). The Bertz CT molecular complexity index is 220. The minimum Gasteiger partial charge on any atom is -0.312 e. The smallest absolute Gasteiger partial charge is 0.221 e. The van der Waals surface area contributed by atoms with Crippen molar-refractivity contribution in [2.24, 2.45) is 5.73 Å². The summed E-state index contributed by atoms with van der Waals surface area (Å²) in [4.78, 5) is 12.3. The topological polar surface area (TPSA) is 70.1 Å². The van der Waals surface area contributed by atoms with Gasteiger partial charge in [-0.2, -0.15) is 5.26 Å². The molecule has 60 valence electrons. The van der Waals surface area contributed by atoms with Crippen molar-refractivity contribution in [3.63, 3.8) is 0 Å². The monoisotopic (exact) mass is 153 g/mol. The molecule has 0 aromatic heterocycles. The number of likely N-dealkylation sites (tertiary alicyclic amines) is 1. The second-order valence-electron chi connectivity index (χ2n) is 2.81. The van der Waals surface area contributed by atoms with Gasteiger partial charge < -0.3 is 4.90 Å². The Morgan fingerprint density at radius 3 is 2.82 bits per heavy atom. The Morgan fingerprint density at radius 1 is 1.82 bits per heavy atom. The van der Waals surface area contributed by atoms with Crippen LogP contribution in [-0.2, 0) is 4.79 Å². The number of nitrogens with two attached hydrogens (primary N) is 1. The number of hydrogen-bond acceptors (Lipinski definition) is 3. The highest BCUT2D eigenvalue weighted by Crippen LogP contribution is 2.23. The SMILES string of the molecule is CC(=O)N1CCC[C@@]1(N)C#N. The second-order valence-corrected chi connectivity index (χ2v) is 2.81. The maximum absolute atomic E-state index is 10.9. The molecular formula is C7H11N3O. The molecule has 2 N–H and O–H groups in total. The molecule has 0 unspecified atom stereocenters. The number of hydrogen-bond donors (Lipinski definition) is 1. The lowest BCUT2D eigenvalue weighted by Crippen LogP contribution is -2.52. The summed E-state index contributed by atoms with van der Waals surface area (Å²) >= 11 is 0. The second kappa shape index (κ2) is 2.51. The van der Waals surface area contributed by atoms with E-state index in [2.05, 4.69) is 0 Å². The summed E-state index contributed by atoms with van der Waals surface area (Å²) in [6, 6.07) is 1.95. The third kappa shape index (κ3) is 1.19. The van der Waals surface area contributed by atoms with Crippen LogP contribution < -0.4 is 5.73 Å². The first-order valence-corrected chi connectivity index (χ1v) is 3.58. The van der Waals surface area contributed by atoms with Crippen molar-refractivity contribution in [3.8, 4) is 6.07 Å². The Kier molecular flexibility index (Phi) is 1.83. The number of carbonyl (C=O) groups excluding carboxylic acids is 1. The van der Waals surface area contributed by atoms with Gasteiger partial charge in [-0.15, -0.1) is 0 Å². The quantitative estimate of drug-likeness (QED) is 0.524. The van der Waals surface area contributed by atoms with E-state index in [-0.39, 0.29) is 5.91 Å². The molecule has 0 spiro atoms. The number of rotatable bonds is 0. The first-order chi connectivity index (χ1) is 5.10. The molecule has 1 atom stereocenters. The lowest BCUT2D eigenvalue weighted by molar-refractivity contribution is -0.131. The van der Waals surface area contributed by atoms with Gasteiger partial charge in [-0.1, -0.05) is 0 Å². The highest BCUT2D eigenvalue weighted by molar-refractivity contribution is 5.75. The van der Waals surface area contributed by atoms with E-state index in [9.17, 15) is 4.79 Å². The molecule has 1 aliphatic rings. The zero-order chi connectivity index (χ0) is 8.48. The standard InChI is InChI=1S/C7H11N3O/c1-6(11)10-4-2-3-7(10,9)5-8/h2-4,9H2,1H3/t7-/m0/s1. The highest BCUT2D eigenvalue weighted by atomic mass is 16.2. The van der Waals surface area contributed by atoms with Crippen LogP contribution in [0, 0.1) is 11.3 Å². The van der Waals surface area contributed by atoms with Gasteiger partial charge in [0, 0.05) is 13.5 Å². The number of nitriles is 1. The van der Waals surface area contributed by atoms with E-state index >= 15 is 0 Å². The number of carbonyl (C=O) groups is 1. The fraction of sp³-hybridized carbons (Fsp3) is 0.714. The zero-order valence-corrected chi connectivity index (χ0v) is 6.50. The van der Waals surface area contributed by atoms with Crippen LogP contribution in [0.15, 0.2) is 0 Å². The van der Waals surface area contributed by atoms with Gasteiger partial charge >= 0.3 is 0 Å². The molecule has 4 heteroatoms. The van der Waals surface area contributed by atoms with Gasteiger partial charge in [0.1, 0.15) is 6.07 Å². The Balaban J connectivity index is 2.82. The molecule has 11 heavy (non-hydrogen) atoms. The lowest BCUT2D eigenvalue weighted by atomic mass is 10.1. The molecule has 0 radical (unpaired) electrons. The fourth-order valence-electron chi connectivity index (χ4n) is 1.40. The predicted molar refractivity (Wildman–Crippen MR) is 39.2 cm³/mol. The van der Waals surface area contributed by atoms with Crippen LogP contribution in [0.3, 0.4) is 0 Å². The van der Waals surface area contributed by atoms with Crippen LogP contribution in [0.5, 0.6) is 0 Å². The van der Waals surface area contributed by atoms with Crippen molar-refractivity contribution >= 4 is 5.91 Å². The Labute approximate surface area is 65.6 Å². The summed E-state index contributed by atoms with van der Waals surface area (Å²) in [5.74, 6) is -0.119. The summed E-state index contributed by atoms with van der Waals surface area (Å²) in [5.41, 5.74) is 4.61. The van der Waals surface area contributed by atoms with Crippen molar-refractivity contribution in [2.75, 3.05) is 6.54 Å². The van der Waals surface area contributed by atoms with E-state index < -0.39 is 5.66 Å². The van der Waals surface area contributed by atoms with Crippen molar-refractivity contribution in [3.05, 3.63) is 0 Å². The summed E-state index contributed by atoms with van der Waals surface area (Å²) < 4.78 is 0. The lowest BCUT2D eigenvalue weighted by Gasteiger charge is -2.26. The molecule has 1 aliphatic heterocycles. The van der Waals surface area contributed by atoms with Crippen molar-refractivity contribution in [1.29, 1.82) is 5.26 Å². The van der Waals surface area contributed by atoms with E-state index in [1.807, 2.05) is 6.07 Å². The molecule has 1 fully saturated rings. The predicted octanol–water partition coefficient (Wildman–Crippen LogP) is -0.193. The van der Waals surface area contributed by atoms with Crippen molar-refractivity contribution < 1.29 is 4.79 Å². The van der Waals surface area contributed by atoms with Gasteiger partial charge in [0.15, 0.2) is 5.66 Å². The third-order valence-electron chi connectivity index (χ3n) is 2.00. The van der Waals surface area contributed by atoms with Gasteiger partial charge in [0.25, 0.3) is 0 Å². The van der Waals surface area contributed by atoms with Gasteiger partial charge in [-0.25, -0.2) is 0 Å². The first kappa shape index (κ1) is 8.02. The molecule has 1 heterocycles. The van der Waals surface area contributed by atoms with Crippen molar-refractivity contribution in [2.45, 2.75) is 25.4 Å². The summed E-state index contributed by atoms with van der Waals surface area (Å²) in [6.07, 6.45) is 1.41. The van der Waals surface area contributed by atoms with Crippen LogP contribution in [0.25, 0.3) is 0 Å². The van der Waals surface area contributed by atoms with Crippen LogP contribution in [0.2, 0.25) is 0 Å². The Hall–Kier alpha value is -1.08. The molecule has 1 saturated heterocycles. The van der Waals surface area contributed by atoms with Crippen molar-refractivity contribution in [1.82, 2.24) is 4.90 Å². The number of amides is 1. The molecule has 1 amide bonds. The van der Waals surface area contributed by atoms with E-state index in [4.69, 9.17) is 11.0 Å². The fourth-order valence-corrected chi connectivity index (χ4v) is 1.40. The highest BCUT2D eigenvalue weighted by Gasteiger charge is 2.38. The minimum absolute atomic E-state index is 0.119. The van der Waals surface area contributed by atoms with Crippen LogP contribution in [0.4, 0.5) is 0 Å². The van der Waals surface area contributed by atoms with Gasteiger partial charge in [-0.3, -0.25) is 10.5 Å². The average Bonchev–Trinajstić information content (AvgIpc) is 2.32. The third-order valence-corrected chi connectivity index (χ3v) is 2.00. The summed E-state index contributed by atoms with van der Waals surface area (Å²) in [5, 5.41) is 8.68. The summed E-state index contributed by atoms with van der Waals surface area (Å²) in [6.45, 7) is 2.05. The van der Waals surface area contributed by atoms with Crippen LogP contribution in [0.1, 0.15) is 19.8 Å². The average molecular weight is 153 g/mol. The Morgan fingerprint density at radius 2 is 2.45 bits per heavy atom. The molecular weight excluding hydrogens is 142 g/mol. The van der Waals surface area contributed by atoms with Gasteiger partial charge in [0.2, 0.25) is 5.91 Å². The molecule has 0 aliphatic carbocycles. The van der Waals surface area contributed by atoms with E-state index in [1.165, 1.54) is 11.8 Å². The first-order valence-electron chi connectivity index (χ1n) is 3.58. The maximum Gasteiger partial charge on any atom is 0.221 e. The van der Waals surface area contributed by atoms with Gasteiger partial charge in [0.05, 0.1) is 0 Å². The molecule has 4 nitrogen and oxygen atoms in total. The van der Waals surface area contributed by atoms with E-state index in [1.54, 1.807) is 0 Å². The molecule has 0 bridgehead atoms. The normalized spacial score (nSPS) is 30.1. The van der Waals surface area contributed by atoms with E-state index in [0.29, 0.717) is 13.0 Å². The number of nitrogens with zero attached hydrogens (tertiary/aromatic N) is 2. The molecule has 0 aromatic rings. The van der Waals surface area contributed by atoms with E-state index in [0.717, 1.165) is 6.42 Å². The summed E-state index contributed by atoms with van der Waals surface area (Å²) in [7, 11) is 0. The maximum atomic E-state index is 10.9. The van der Waals surface area contributed by atoms with Gasteiger partial charge in [-0.05, 0) is 12.8 Å². The van der Waals surface area contributed by atoms with Crippen LogP contribution >= 0.6 is 0 Å². The zero-order valence-electron chi connectivity index (χ0n) is 6.50. The minimum atomic E-state index is -1.04. The molecule has 0 saturated carbocycles. The van der Waals surface area contributed by atoms with Crippen LogP contribution in [-0.4, -0.2) is 23.0 Å².